The van der Waals surface area contributed by atoms with Gasteiger partial charge in [-0.1, -0.05) is 42.5 Å². The van der Waals surface area contributed by atoms with E-state index in [1.807, 2.05) is 65.4 Å². The highest BCUT2D eigenvalue weighted by molar-refractivity contribution is 7.12. The molecule has 0 unspecified atom stereocenters. The van der Waals surface area contributed by atoms with E-state index in [4.69, 9.17) is 0 Å². The van der Waals surface area contributed by atoms with Crippen LogP contribution >= 0.6 is 22.7 Å². The number of hydrogen-bond acceptors (Lipinski definition) is 3. The van der Waals surface area contributed by atoms with Gasteiger partial charge in [0, 0.05) is 16.0 Å². The maximum absolute atomic E-state index is 12.5. The van der Waals surface area contributed by atoms with Crippen molar-refractivity contribution in [2.24, 2.45) is 4.99 Å². The van der Waals surface area contributed by atoms with Gasteiger partial charge in [0.2, 0.25) is 0 Å². The van der Waals surface area contributed by atoms with Gasteiger partial charge in [0.1, 0.15) is 5.92 Å². The van der Waals surface area contributed by atoms with Crippen molar-refractivity contribution in [1.29, 1.82) is 0 Å². The summed E-state index contributed by atoms with van der Waals surface area (Å²) in [6, 6.07) is 17.6. The van der Waals surface area contributed by atoms with Crippen molar-refractivity contribution in [3.05, 3.63) is 80.7 Å². The molecule has 0 aliphatic rings. The van der Waals surface area contributed by atoms with Crippen LogP contribution in [0.15, 0.2) is 70.3 Å². The van der Waals surface area contributed by atoms with E-state index in [0.717, 1.165) is 15.3 Å². The van der Waals surface area contributed by atoms with Crippen molar-refractivity contribution in [3.63, 3.8) is 0 Å². The third kappa shape index (κ3) is 3.35. The molecule has 0 saturated carbocycles. The van der Waals surface area contributed by atoms with Gasteiger partial charge in [0.25, 0.3) is 5.91 Å². The molecule has 2 aromatic heterocycles. The molecular weight excluding hydrogens is 298 g/mol. The predicted molar refractivity (Wildman–Crippen MR) is 89.5 cm³/mol. The van der Waals surface area contributed by atoms with E-state index in [1.165, 1.54) is 0 Å². The molecule has 0 N–H and O–H groups in total. The normalized spacial score (nSPS) is 11.3. The number of carbonyl (C=O) groups is 1. The van der Waals surface area contributed by atoms with Crippen LogP contribution in [0.5, 0.6) is 0 Å². The Balaban J connectivity index is 1.87. The molecular formula is C17H13NOS2. The van der Waals surface area contributed by atoms with Crippen LogP contribution in [0.25, 0.3) is 0 Å². The third-order valence-corrected chi connectivity index (χ3v) is 4.92. The Morgan fingerprint density at radius 2 is 1.52 bits per heavy atom. The summed E-state index contributed by atoms with van der Waals surface area (Å²) in [6.07, 6.45) is 1.64. The molecule has 4 heteroatoms. The maximum Gasteiger partial charge on any atom is 0.259 e. The smallest absolute Gasteiger partial charge is 0.259 e. The van der Waals surface area contributed by atoms with E-state index in [1.54, 1.807) is 28.9 Å². The molecule has 2 nitrogen and oxygen atoms in total. The number of benzene rings is 1. The summed E-state index contributed by atoms with van der Waals surface area (Å²) >= 11 is 3.18. The summed E-state index contributed by atoms with van der Waals surface area (Å²) in [5.41, 5.74) is 0.932. The summed E-state index contributed by atoms with van der Waals surface area (Å²) in [6.45, 7) is 0. The van der Waals surface area contributed by atoms with E-state index >= 15 is 0 Å². The number of nitrogens with zero attached hydrogens (tertiary/aromatic N) is 1. The number of carbonyl (C=O) groups excluding carboxylic acids is 1. The highest BCUT2D eigenvalue weighted by atomic mass is 32.1. The Labute approximate surface area is 131 Å². The molecule has 0 saturated heterocycles. The van der Waals surface area contributed by atoms with Crippen LogP contribution in [0, 0.1) is 0 Å². The molecule has 0 fully saturated rings. The van der Waals surface area contributed by atoms with Gasteiger partial charge < -0.3 is 0 Å². The zero-order valence-corrected chi connectivity index (χ0v) is 12.8. The van der Waals surface area contributed by atoms with E-state index in [-0.39, 0.29) is 11.8 Å². The largest absolute Gasteiger partial charge is 0.271 e. The summed E-state index contributed by atoms with van der Waals surface area (Å²) in [5, 5.41) is 3.98. The summed E-state index contributed by atoms with van der Waals surface area (Å²) in [5.74, 6) is -0.409. The Morgan fingerprint density at radius 1 is 0.905 bits per heavy atom. The molecule has 0 radical (unpaired) electrons. The molecule has 2 heterocycles. The van der Waals surface area contributed by atoms with E-state index < -0.39 is 0 Å². The Hall–Kier alpha value is -2.04. The van der Waals surface area contributed by atoms with Crippen molar-refractivity contribution in [2.45, 2.75) is 5.92 Å². The van der Waals surface area contributed by atoms with Crippen molar-refractivity contribution in [1.82, 2.24) is 0 Å². The average molecular weight is 311 g/mol. The van der Waals surface area contributed by atoms with Crippen LogP contribution in [-0.4, -0.2) is 12.1 Å². The maximum atomic E-state index is 12.5. The molecule has 1 aromatic carbocycles. The van der Waals surface area contributed by atoms with E-state index in [0.29, 0.717) is 0 Å². The molecule has 0 aliphatic carbocycles. The molecule has 0 bridgehead atoms. The van der Waals surface area contributed by atoms with E-state index in [9.17, 15) is 4.79 Å². The van der Waals surface area contributed by atoms with E-state index in [2.05, 4.69) is 4.99 Å². The van der Waals surface area contributed by atoms with Gasteiger partial charge in [-0.3, -0.25) is 4.79 Å². The predicted octanol–water partition coefficient (Wildman–Crippen LogP) is 4.59. The topological polar surface area (TPSA) is 29.4 Å². The second-order valence-corrected chi connectivity index (χ2v) is 6.43. The summed E-state index contributed by atoms with van der Waals surface area (Å²) in [7, 11) is 0. The number of thiophene rings is 2. The minimum absolute atomic E-state index is 0.122. The SMILES string of the molecule is O=C(N=Cc1ccccc1)C(c1cccs1)c1cccs1. The van der Waals surface area contributed by atoms with Crippen molar-refractivity contribution >= 4 is 34.8 Å². The average Bonchev–Trinajstić information content (AvgIpc) is 3.20. The highest BCUT2D eigenvalue weighted by Gasteiger charge is 2.23. The highest BCUT2D eigenvalue weighted by Crippen LogP contribution is 2.32. The molecule has 21 heavy (non-hydrogen) atoms. The standard InChI is InChI=1S/C17H13NOS2/c19-17(18-12-13-6-2-1-3-7-13)16(14-8-4-10-20-14)15-9-5-11-21-15/h1-12,16H. The van der Waals surface area contributed by atoms with Crippen LogP contribution in [0.3, 0.4) is 0 Å². The molecule has 1 amide bonds. The first-order valence-electron chi connectivity index (χ1n) is 6.54. The fraction of sp³-hybridized carbons (Fsp3) is 0.0588. The number of rotatable bonds is 4. The summed E-state index contributed by atoms with van der Waals surface area (Å²) in [4.78, 5) is 18.8. The fourth-order valence-corrected chi connectivity index (χ4v) is 3.79. The second-order valence-electron chi connectivity index (χ2n) is 4.47. The van der Waals surface area contributed by atoms with Crippen LogP contribution in [0.4, 0.5) is 0 Å². The number of hydrogen-bond donors (Lipinski definition) is 0. The molecule has 3 aromatic rings. The van der Waals surface area contributed by atoms with Crippen LogP contribution in [-0.2, 0) is 4.79 Å². The van der Waals surface area contributed by atoms with Gasteiger partial charge in [0.05, 0.1) is 0 Å². The second kappa shape index (κ2) is 6.61. The van der Waals surface area contributed by atoms with Gasteiger partial charge in [-0.2, -0.15) is 0 Å². The van der Waals surface area contributed by atoms with Gasteiger partial charge in [-0.05, 0) is 28.5 Å². The molecule has 0 spiro atoms. The van der Waals surface area contributed by atoms with Crippen molar-refractivity contribution < 1.29 is 4.79 Å². The van der Waals surface area contributed by atoms with Crippen LogP contribution in [0.2, 0.25) is 0 Å². The van der Waals surface area contributed by atoms with Gasteiger partial charge in [0.15, 0.2) is 0 Å². The zero-order chi connectivity index (χ0) is 14.5. The fourth-order valence-electron chi connectivity index (χ4n) is 2.05. The minimum Gasteiger partial charge on any atom is -0.271 e. The monoisotopic (exact) mass is 311 g/mol. The van der Waals surface area contributed by atoms with Crippen LogP contribution in [0.1, 0.15) is 21.2 Å². The number of aliphatic imine (C=N–C) groups is 1. The number of amides is 1. The quantitative estimate of drug-likeness (QED) is 0.648. The third-order valence-electron chi connectivity index (χ3n) is 3.04. The van der Waals surface area contributed by atoms with Crippen molar-refractivity contribution in [3.8, 4) is 0 Å². The first kappa shape index (κ1) is 13.9. The van der Waals surface area contributed by atoms with Crippen molar-refractivity contribution in [2.75, 3.05) is 0 Å². The van der Waals surface area contributed by atoms with Gasteiger partial charge >= 0.3 is 0 Å². The lowest BCUT2D eigenvalue weighted by Crippen LogP contribution is -2.09. The first-order chi connectivity index (χ1) is 10.3. The molecule has 3 rings (SSSR count). The zero-order valence-electron chi connectivity index (χ0n) is 11.2. The Bertz CT molecular complexity index is 681. The van der Waals surface area contributed by atoms with Gasteiger partial charge in [-0.25, -0.2) is 4.99 Å². The Morgan fingerprint density at radius 3 is 2.05 bits per heavy atom. The molecule has 104 valence electrons. The molecule has 0 atom stereocenters. The lowest BCUT2D eigenvalue weighted by atomic mass is 10.1. The molecule has 0 aliphatic heterocycles. The minimum atomic E-state index is -0.287. The summed E-state index contributed by atoms with van der Waals surface area (Å²) < 4.78 is 0. The van der Waals surface area contributed by atoms with Gasteiger partial charge in [-0.15, -0.1) is 22.7 Å². The Kier molecular flexibility index (Phi) is 4.38. The lowest BCUT2D eigenvalue weighted by Gasteiger charge is -2.09. The van der Waals surface area contributed by atoms with Crippen LogP contribution < -0.4 is 0 Å². The lowest BCUT2D eigenvalue weighted by molar-refractivity contribution is -0.118. The first-order valence-corrected chi connectivity index (χ1v) is 8.30.